The molecule has 0 aliphatic heterocycles. The van der Waals surface area contributed by atoms with Crippen molar-refractivity contribution in [3.05, 3.63) is 218 Å². The molecular weight excluding hydrogens is 544 g/mol. The summed E-state index contributed by atoms with van der Waals surface area (Å²) >= 11 is 0. The zero-order valence-corrected chi connectivity index (χ0v) is 24.9. The second-order valence-corrected chi connectivity index (χ2v) is 6.46. The normalized spacial score (nSPS) is 7.38. The standard InChI is InChI=1S/6C6H5.H2O.2Ti/c6*1-2-4-6-5-3-1;;;/h6*1-5H;1H2;;/q6*-1;;2*+3. The average Bonchev–Trinajstić information content (AvgIpc) is 3.04. The third kappa shape index (κ3) is 34.7. The maximum Gasteiger partial charge on any atom is 3.00 e. The SMILES string of the molecule is O.[Ti+3].[Ti+3].[c-]1ccccc1.[c-]1ccccc1.[c-]1ccccc1.[c-]1ccccc1.[c-]1ccccc1.[c-]1ccccc1. The second kappa shape index (κ2) is 36.9. The zero-order chi connectivity index (χ0) is 25.5. The van der Waals surface area contributed by atoms with Crippen LogP contribution in [-0.4, -0.2) is 5.48 Å². The zero-order valence-electron chi connectivity index (χ0n) is 21.8. The molecule has 6 aromatic carbocycles. The largest absolute Gasteiger partial charge is 3.00 e. The second-order valence-electron chi connectivity index (χ2n) is 6.46. The van der Waals surface area contributed by atoms with Gasteiger partial charge in [-0.1, -0.05) is 0 Å². The van der Waals surface area contributed by atoms with Gasteiger partial charge in [-0.15, -0.1) is 0 Å². The molecule has 2 radical (unpaired) electrons. The molecule has 6 rings (SSSR count). The predicted octanol–water partition coefficient (Wildman–Crippen LogP) is 8.09. The third-order valence-corrected chi connectivity index (χ3v) is 3.64. The van der Waals surface area contributed by atoms with E-state index in [-0.39, 0.29) is 48.9 Å². The number of benzene rings is 6. The van der Waals surface area contributed by atoms with E-state index in [1.807, 2.05) is 182 Å². The molecule has 0 saturated heterocycles. The van der Waals surface area contributed by atoms with Crippen molar-refractivity contribution in [1.29, 1.82) is 0 Å². The molecule has 0 atom stereocenters. The summed E-state index contributed by atoms with van der Waals surface area (Å²) < 4.78 is 0. The van der Waals surface area contributed by atoms with Gasteiger partial charge in [-0.2, -0.15) is 218 Å². The van der Waals surface area contributed by atoms with Crippen LogP contribution in [0.15, 0.2) is 182 Å². The molecule has 0 unspecified atom stereocenters. The van der Waals surface area contributed by atoms with Crippen LogP contribution in [0.4, 0.5) is 0 Å². The van der Waals surface area contributed by atoms with E-state index in [1.165, 1.54) is 0 Å². The molecule has 0 fully saturated rings. The Kier molecular flexibility index (Phi) is 38.0. The minimum Gasteiger partial charge on any atom is -0.412 e. The predicted molar refractivity (Wildman–Crippen MR) is 155 cm³/mol. The van der Waals surface area contributed by atoms with Gasteiger partial charge in [0.1, 0.15) is 0 Å². The topological polar surface area (TPSA) is 31.5 Å². The van der Waals surface area contributed by atoms with Crippen LogP contribution in [-0.2, 0) is 43.4 Å². The van der Waals surface area contributed by atoms with Gasteiger partial charge in [0.25, 0.3) is 0 Å². The van der Waals surface area contributed by atoms with E-state index in [1.54, 1.807) is 0 Å². The number of hydrogen-bond donors (Lipinski definition) is 0. The average molecular weight is 576 g/mol. The Balaban J connectivity index is -0.000000393. The van der Waals surface area contributed by atoms with Crippen molar-refractivity contribution >= 4 is 0 Å². The summed E-state index contributed by atoms with van der Waals surface area (Å²) in [6.07, 6.45) is 0. The van der Waals surface area contributed by atoms with Gasteiger partial charge in [0.15, 0.2) is 0 Å². The Morgan fingerprint density at radius 1 is 0.179 bits per heavy atom. The van der Waals surface area contributed by atoms with Crippen LogP contribution in [0, 0.1) is 36.4 Å². The molecule has 0 bridgehead atoms. The molecule has 39 heavy (non-hydrogen) atoms. The molecule has 0 aliphatic carbocycles. The fourth-order valence-corrected chi connectivity index (χ4v) is 2.05. The Bertz CT molecular complexity index is 694. The van der Waals surface area contributed by atoms with Gasteiger partial charge in [-0.25, -0.2) is 0 Å². The molecule has 2 N–H and O–H groups in total. The summed E-state index contributed by atoms with van der Waals surface area (Å²) in [5.74, 6) is 0. The van der Waals surface area contributed by atoms with Crippen LogP contribution < -0.4 is 0 Å². The molecule has 0 saturated carbocycles. The van der Waals surface area contributed by atoms with Crippen molar-refractivity contribution in [2.45, 2.75) is 0 Å². The molecule has 0 aliphatic rings. The van der Waals surface area contributed by atoms with Crippen LogP contribution in [0.5, 0.6) is 0 Å². The van der Waals surface area contributed by atoms with Crippen molar-refractivity contribution < 1.29 is 48.9 Å². The van der Waals surface area contributed by atoms with E-state index in [0.29, 0.717) is 0 Å². The van der Waals surface area contributed by atoms with Gasteiger partial charge in [0.05, 0.1) is 0 Å². The summed E-state index contributed by atoms with van der Waals surface area (Å²) in [7, 11) is 0. The first-order chi connectivity index (χ1) is 18.0. The molecule has 6 aromatic rings. The van der Waals surface area contributed by atoms with Crippen molar-refractivity contribution in [2.24, 2.45) is 0 Å². The summed E-state index contributed by atoms with van der Waals surface area (Å²) in [4.78, 5) is 0. The van der Waals surface area contributed by atoms with Gasteiger partial charge in [-0.3, -0.25) is 0 Å². The first-order valence-corrected chi connectivity index (χ1v) is 11.5. The molecular formula is C36H32OTi2. The van der Waals surface area contributed by atoms with Crippen LogP contribution in [0.1, 0.15) is 0 Å². The Hall–Kier alpha value is -3.29. The summed E-state index contributed by atoms with van der Waals surface area (Å²) in [5.41, 5.74) is 0. The minimum atomic E-state index is 0. The molecule has 3 heteroatoms. The van der Waals surface area contributed by atoms with Gasteiger partial charge < -0.3 is 5.48 Å². The molecule has 0 heterocycles. The van der Waals surface area contributed by atoms with Gasteiger partial charge >= 0.3 is 43.4 Å². The number of hydrogen-bond acceptors (Lipinski definition) is 0. The molecule has 0 spiro atoms. The van der Waals surface area contributed by atoms with Crippen LogP contribution in [0.25, 0.3) is 0 Å². The number of rotatable bonds is 0. The fraction of sp³-hybridized carbons (Fsp3) is 0. The fourth-order valence-electron chi connectivity index (χ4n) is 2.05. The van der Waals surface area contributed by atoms with Crippen molar-refractivity contribution in [3.63, 3.8) is 0 Å². The Morgan fingerprint density at radius 2 is 0.282 bits per heavy atom. The Morgan fingerprint density at radius 3 is 0.308 bits per heavy atom. The van der Waals surface area contributed by atoms with E-state index < -0.39 is 0 Å². The quantitative estimate of drug-likeness (QED) is 0.129. The first kappa shape index (κ1) is 40.2. The third-order valence-electron chi connectivity index (χ3n) is 3.64. The molecule has 0 amide bonds. The van der Waals surface area contributed by atoms with Gasteiger partial charge in [-0.05, 0) is 0 Å². The van der Waals surface area contributed by atoms with Crippen molar-refractivity contribution in [1.82, 2.24) is 0 Å². The molecule has 1 nitrogen and oxygen atoms in total. The Labute approximate surface area is 265 Å². The van der Waals surface area contributed by atoms with Crippen LogP contribution in [0.2, 0.25) is 0 Å². The van der Waals surface area contributed by atoms with E-state index in [2.05, 4.69) is 36.4 Å². The van der Waals surface area contributed by atoms with E-state index >= 15 is 0 Å². The monoisotopic (exact) mass is 576 g/mol. The molecule has 0 aromatic heterocycles. The van der Waals surface area contributed by atoms with Crippen molar-refractivity contribution in [3.8, 4) is 0 Å². The van der Waals surface area contributed by atoms with Gasteiger partial charge in [0.2, 0.25) is 0 Å². The van der Waals surface area contributed by atoms with Crippen LogP contribution in [0.3, 0.4) is 0 Å². The molecule has 190 valence electrons. The summed E-state index contributed by atoms with van der Waals surface area (Å²) in [5, 5.41) is 0. The van der Waals surface area contributed by atoms with Crippen molar-refractivity contribution in [2.75, 3.05) is 0 Å². The maximum atomic E-state index is 2.89. The summed E-state index contributed by atoms with van der Waals surface area (Å²) in [6, 6.07) is 75.0. The van der Waals surface area contributed by atoms with Crippen LogP contribution >= 0.6 is 0 Å². The van der Waals surface area contributed by atoms with E-state index in [9.17, 15) is 0 Å². The minimum absolute atomic E-state index is 0. The first-order valence-electron chi connectivity index (χ1n) is 11.5. The summed E-state index contributed by atoms with van der Waals surface area (Å²) in [6.45, 7) is 0. The smallest absolute Gasteiger partial charge is 0.412 e. The van der Waals surface area contributed by atoms with Gasteiger partial charge in [0, 0.05) is 0 Å². The van der Waals surface area contributed by atoms with E-state index in [0.717, 1.165) is 0 Å². The van der Waals surface area contributed by atoms with E-state index in [4.69, 9.17) is 0 Å². The maximum absolute atomic E-state index is 2.89.